The first kappa shape index (κ1) is 10.9. The lowest BCUT2D eigenvalue weighted by atomic mass is 10.1. The van der Waals surface area contributed by atoms with E-state index in [1.54, 1.807) is 0 Å². The summed E-state index contributed by atoms with van der Waals surface area (Å²) in [7, 11) is 0. The molecule has 3 heteroatoms. The van der Waals surface area contributed by atoms with Crippen LogP contribution in [0, 0.1) is 11.8 Å². The van der Waals surface area contributed by atoms with Gasteiger partial charge < -0.3 is 10.6 Å². The molecule has 1 saturated carbocycles. The number of carbonyl (C=O) groups excluding carboxylic acids is 1. The highest BCUT2D eigenvalue weighted by Gasteiger charge is 2.33. The Labute approximate surface area is 92.0 Å². The van der Waals surface area contributed by atoms with Crippen molar-refractivity contribution in [2.24, 2.45) is 11.8 Å². The van der Waals surface area contributed by atoms with Crippen molar-refractivity contribution in [1.29, 1.82) is 0 Å². The number of hydrogen-bond acceptors (Lipinski definition) is 2. The normalized spacial score (nSPS) is 35.7. The zero-order chi connectivity index (χ0) is 10.7. The molecule has 15 heavy (non-hydrogen) atoms. The lowest BCUT2D eigenvalue weighted by Gasteiger charge is -2.15. The van der Waals surface area contributed by atoms with Gasteiger partial charge in [0.15, 0.2) is 0 Å². The lowest BCUT2D eigenvalue weighted by molar-refractivity contribution is -0.123. The third-order valence-electron chi connectivity index (χ3n) is 3.69. The molecule has 2 aliphatic rings. The molecule has 1 aliphatic carbocycles. The molecule has 1 heterocycles. The summed E-state index contributed by atoms with van der Waals surface area (Å²) in [4.78, 5) is 11.8. The molecule has 0 bridgehead atoms. The summed E-state index contributed by atoms with van der Waals surface area (Å²) in [6.07, 6.45) is 5.95. The second-order valence-corrected chi connectivity index (χ2v) is 5.07. The van der Waals surface area contributed by atoms with Crippen LogP contribution >= 0.6 is 0 Å². The molecule has 1 aliphatic heterocycles. The van der Waals surface area contributed by atoms with Crippen LogP contribution < -0.4 is 10.6 Å². The van der Waals surface area contributed by atoms with Crippen molar-refractivity contribution in [2.45, 2.75) is 45.1 Å². The molecule has 3 nitrogen and oxygen atoms in total. The van der Waals surface area contributed by atoms with Crippen molar-refractivity contribution in [1.82, 2.24) is 10.6 Å². The van der Waals surface area contributed by atoms with Crippen molar-refractivity contribution in [3.63, 3.8) is 0 Å². The molecule has 86 valence electrons. The van der Waals surface area contributed by atoms with Gasteiger partial charge in [-0.1, -0.05) is 19.8 Å². The second-order valence-electron chi connectivity index (χ2n) is 5.07. The zero-order valence-electron chi connectivity index (χ0n) is 9.59. The van der Waals surface area contributed by atoms with Gasteiger partial charge in [-0.25, -0.2) is 0 Å². The average Bonchev–Trinajstić information content (AvgIpc) is 2.97. The largest absolute Gasteiger partial charge is 0.354 e. The number of carbonyl (C=O) groups is 1. The van der Waals surface area contributed by atoms with Crippen LogP contribution in [0.2, 0.25) is 0 Å². The van der Waals surface area contributed by atoms with Gasteiger partial charge >= 0.3 is 0 Å². The number of amides is 1. The minimum atomic E-state index is 0.0709. The maximum absolute atomic E-state index is 11.8. The first-order valence-corrected chi connectivity index (χ1v) is 6.28. The van der Waals surface area contributed by atoms with Crippen LogP contribution in [-0.2, 0) is 4.79 Å². The summed E-state index contributed by atoms with van der Waals surface area (Å²) in [6.45, 7) is 4.14. The van der Waals surface area contributed by atoms with E-state index in [9.17, 15) is 4.79 Å². The van der Waals surface area contributed by atoms with Gasteiger partial charge in [0.05, 0.1) is 6.04 Å². The van der Waals surface area contributed by atoms with Crippen molar-refractivity contribution in [3.8, 4) is 0 Å². The van der Waals surface area contributed by atoms with Crippen LogP contribution in [0.15, 0.2) is 0 Å². The zero-order valence-corrected chi connectivity index (χ0v) is 9.59. The standard InChI is InChI=1S/C12H22N2O/c1-9-7-10(9)8-14-12(15)11-5-3-2-4-6-13-11/h9-11,13H,2-8H2,1H3,(H,14,15). The fraction of sp³-hybridized carbons (Fsp3) is 0.917. The highest BCUT2D eigenvalue weighted by molar-refractivity contribution is 5.81. The maximum atomic E-state index is 11.8. The Morgan fingerprint density at radius 3 is 2.93 bits per heavy atom. The van der Waals surface area contributed by atoms with Crippen LogP contribution in [0.3, 0.4) is 0 Å². The quantitative estimate of drug-likeness (QED) is 0.737. The van der Waals surface area contributed by atoms with Crippen LogP contribution in [-0.4, -0.2) is 25.0 Å². The van der Waals surface area contributed by atoms with Gasteiger partial charge in [0.2, 0.25) is 5.91 Å². The third kappa shape index (κ3) is 3.20. The van der Waals surface area contributed by atoms with Gasteiger partial charge in [-0.05, 0) is 37.6 Å². The van der Waals surface area contributed by atoms with Gasteiger partial charge in [0.1, 0.15) is 0 Å². The molecule has 1 amide bonds. The predicted octanol–water partition coefficient (Wildman–Crippen LogP) is 1.29. The molecule has 0 radical (unpaired) electrons. The molecule has 2 N–H and O–H groups in total. The molecule has 1 saturated heterocycles. The molecule has 0 aromatic carbocycles. The summed E-state index contributed by atoms with van der Waals surface area (Å²) >= 11 is 0. The van der Waals surface area contributed by atoms with Gasteiger partial charge in [-0.2, -0.15) is 0 Å². The van der Waals surface area contributed by atoms with Gasteiger partial charge in [0, 0.05) is 6.54 Å². The Bertz CT molecular complexity index is 222. The summed E-state index contributed by atoms with van der Waals surface area (Å²) in [5.74, 6) is 1.79. The molecule has 0 spiro atoms. The monoisotopic (exact) mass is 210 g/mol. The minimum absolute atomic E-state index is 0.0709. The van der Waals surface area contributed by atoms with E-state index < -0.39 is 0 Å². The highest BCUT2D eigenvalue weighted by Crippen LogP contribution is 2.36. The van der Waals surface area contributed by atoms with E-state index in [-0.39, 0.29) is 11.9 Å². The Balaban J connectivity index is 1.69. The van der Waals surface area contributed by atoms with Gasteiger partial charge in [0.25, 0.3) is 0 Å². The molecular formula is C12H22N2O. The highest BCUT2D eigenvalue weighted by atomic mass is 16.2. The Morgan fingerprint density at radius 2 is 2.20 bits per heavy atom. The molecule has 3 unspecified atom stereocenters. The van der Waals surface area contributed by atoms with E-state index in [0.717, 1.165) is 31.3 Å². The molecule has 2 rings (SSSR count). The van der Waals surface area contributed by atoms with E-state index in [2.05, 4.69) is 17.6 Å². The Hall–Kier alpha value is -0.570. The SMILES string of the molecule is CC1CC1CNC(=O)C1CCCCCN1. The Morgan fingerprint density at radius 1 is 1.40 bits per heavy atom. The minimum Gasteiger partial charge on any atom is -0.354 e. The van der Waals surface area contributed by atoms with Crippen LogP contribution in [0.5, 0.6) is 0 Å². The summed E-state index contributed by atoms with van der Waals surface area (Å²) in [5.41, 5.74) is 0. The number of nitrogens with one attached hydrogen (secondary N) is 2. The van der Waals surface area contributed by atoms with E-state index in [4.69, 9.17) is 0 Å². The smallest absolute Gasteiger partial charge is 0.237 e. The second kappa shape index (κ2) is 4.97. The third-order valence-corrected chi connectivity index (χ3v) is 3.69. The number of rotatable bonds is 3. The summed E-state index contributed by atoms with van der Waals surface area (Å²) in [6, 6.07) is 0.0709. The van der Waals surface area contributed by atoms with Crippen LogP contribution in [0.4, 0.5) is 0 Å². The van der Waals surface area contributed by atoms with E-state index >= 15 is 0 Å². The molecule has 2 fully saturated rings. The van der Waals surface area contributed by atoms with E-state index in [1.165, 1.54) is 25.7 Å². The predicted molar refractivity (Wildman–Crippen MR) is 60.5 cm³/mol. The van der Waals surface area contributed by atoms with Crippen molar-refractivity contribution in [2.75, 3.05) is 13.1 Å². The molecule has 0 aromatic rings. The lowest BCUT2D eigenvalue weighted by Crippen LogP contribution is -2.44. The topological polar surface area (TPSA) is 41.1 Å². The maximum Gasteiger partial charge on any atom is 0.237 e. The fourth-order valence-corrected chi connectivity index (χ4v) is 2.29. The van der Waals surface area contributed by atoms with Gasteiger partial charge in [-0.3, -0.25) is 4.79 Å². The van der Waals surface area contributed by atoms with Crippen molar-refractivity contribution >= 4 is 5.91 Å². The first-order chi connectivity index (χ1) is 7.27. The van der Waals surface area contributed by atoms with Crippen molar-refractivity contribution < 1.29 is 4.79 Å². The summed E-state index contributed by atoms with van der Waals surface area (Å²) in [5, 5.41) is 6.40. The molecule has 0 aromatic heterocycles. The average molecular weight is 210 g/mol. The fourth-order valence-electron chi connectivity index (χ4n) is 2.29. The first-order valence-electron chi connectivity index (χ1n) is 6.28. The number of hydrogen-bond donors (Lipinski definition) is 2. The molecule has 3 atom stereocenters. The molecular weight excluding hydrogens is 188 g/mol. The Kier molecular flexibility index (Phi) is 3.62. The van der Waals surface area contributed by atoms with Crippen LogP contribution in [0.1, 0.15) is 39.0 Å². The van der Waals surface area contributed by atoms with Crippen molar-refractivity contribution in [3.05, 3.63) is 0 Å². The van der Waals surface area contributed by atoms with Gasteiger partial charge in [-0.15, -0.1) is 0 Å². The van der Waals surface area contributed by atoms with E-state index in [0.29, 0.717) is 0 Å². The summed E-state index contributed by atoms with van der Waals surface area (Å²) < 4.78 is 0. The van der Waals surface area contributed by atoms with E-state index in [1.807, 2.05) is 0 Å². The van der Waals surface area contributed by atoms with Crippen LogP contribution in [0.25, 0.3) is 0 Å².